The minimum atomic E-state index is -4.15. The second-order valence-electron chi connectivity index (χ2n) is 8.41. The smallest absolute Gasteiger partial charge is 0.264 e. The summed E-state index contributed by atoms with van der Waals surface area (Å²) >= 11 is 5.97. The Kier molecular flexibility index (Phi) is 9.18. The molecule has 3 aromatic carbocycles. The number of hydrogen-bond donors (Lipinski definition) is 1. The van der Waals surface area contributed by atoms with E-state index in [2.05, 4.69) is 5.32 Å². The van der Waals surface area contributed by atoms with Crippen molar-refractivity contribution in [2.24, 2.45) is 0 Å². The molecule has 8 nitrogen and oxygen atoms in total. The van der Waals surface area contributed by atoms with Gasteiger partial charge in [-0.25, -0.2) is 8.42 Å². The van der Waals surface area contributed by atoms with Gasteiger partial charge in [0.15, 0.2) is 0 Å². The summed E-state index contributed by atoms with van der Waals surface area (Å²) in [5.74, 6) is -0.252. The topological polar surface area (TPSA) is 96.0 Å². The zero-order chi connectivity index (χ0) is 27.2. The van der Waals surface area contributed by atoms with Crippen LogP contribution in [0.25, 0.3) is 0 Å². The number of sulfonamides is 1. The number of ether oxygens (including phenoxy) is 1. The summed E-state index contributed by atoms with van der Waals surface area (Å²) in [4.78, 5) is 27.7. The van der Waals surface area contributed by atoms with Gasteiger partial charge in [-0.1, -0.05) is 41.9 Å². The lowest BCUT2D eigenvalue weighted by Gasteiger charge is -2.32. The Labute approximate surface area is 222 Å². The number of likely N-dealkylation sites (N-methyl/N-ethyl adjacent to an activating group) is 1. The number of para-hydroxylation sites is 1. The van der Waals surface area contributed by atoms with Gasteiger partial charge in [-0.2, -0.15) is 0 Å². The first kappa shape index (κ1) is 28.0. The number of nitrogens with zero attached hydrogens (tertiary/aromatic N) is 2. The Balaban J connectivity index is 2.03. The second-order valence-corrected chi connectivity index (χ2v) is 10.7. The van der Waals surface area contributed by atoms with Crippen LogP contribution < -0.4 is 14.4 Å². The van der Waals surface area contributed by atoms with Gasteiger partial charge < -0.3 is 15.0 Å². The van der Waals surface area contributed by atoms with E-state index in [0.29, 0.717) is 22.0 Å². The van der Waals surface area contributed by atoms with Crippen molar-refractivity contribution in [3.63, 3.8) is 0 Å². The summed E-state index contributed by atoms with van der Waals surface area (Å²) in [7, 11) is -1.10. The molecule has 37 heavy (non-hydrogen) atoms. The third-order valence-electron chi connectivity index (χ3n) is 5.99. The lowest BCUT2D eigenvalue weighted by atomic mass is 10.1. The normalized spacial score (nSPS) is 11.9. The van der Waals surface area contributed by atoms with Crippen LogP contribution in [0.2, 0.25) is 5.02 Å². The molecule has 3 aromatic rings. The maximum Gasteiger partial charge on any atom is 0.264 e. The summed E-state index contributed by atoms with van der Waals surface area (Å²) in [6, 6.07) is 18.9. The van der Waals surface area contributed by atoms with Crippen LogP contribution in [0.5, 0.6) is 5.75 Å². The molecule has 10 heteroatoms. The monoisotopic (exact) mass is 543 g/mol. The number of carbonyl (C=O) groups is 2. The van der Waals surface area contributed by atoms with Gasteiger partial charge in [-0.05, 0) is 67.4 Å². The molecule has 0 saturated heterocycles. The number of halogens is 1. The Hall–Kier alpha value is -3.56. The molecule has 0 unspecified atom stereocenters. The summed E-state index contributed by atoms with van der Waals surface area (Å²) in [6.45, 7) is 2.96. The molecule has 0 radical (unpaired) electrons. The molecule has 0 aromatic heterocycles. The van der Waals surface area contributed by atoms with Gasteiger partial charge in [0, 0.05) is 18.6 Å². The number of benzene rings is 3. The van der Waals surface area contributed by atoms with Gasteiger partial charge in [0.05, 0.1) is 17.7 Å². The predicted molar refractivity (Wildman–Crippen MR) is 144 cm³/mol. The van der Waals surface area contributed by atoms with Gasteiger partial charge >= 0.3 is 0 Å². The highest BCUT2D eigenvalue weighted by Crippen LogP contribution is 2.28. The minimum absolute atomic E-state index is 0.00555. The quantitative estimate of drug-likeness (QED) is 0.417. The van der Waals surface area contributed by atoms with Gasteiger partial charge in [-0.3, -0.25) is 13.9 Å². The molecular weight excluding hydrogens is 514 g/mol. The van der Waals surface area contributed by atoms with Crippen LogP contribution >= 0.6 is 11.6 Å². The molecular formula is C27H30ClN3O5S. The molecule has 1 N–H and O–H groups in total. The van der Waals surface area contributed by atoms with Crippen molar-refractivity contribution in [1.82, 2.24) is 10.2 Å². The zero-order valence-corrected chi connectivity index (χ0v) is 22.7. The van der Waals surface area contributed by atoms with E-state index in [1.807, 2.05) is 0 Å². The lowest BCUT2D eigenvalue weighted by Crippen LogP contribution is -2.50. The fourth-order valence-electron chi connectivity index (χ4n) is 3.81. The Bertz CT molecular complexity index is 1350. The number of aryl methyl sites for hydroxylation is 1. The highest BCUT2D eigenvalue weighted by molar-refractivity contribution is 7.92. The molecule has 1 atom stereocenters. The lowest BCUT2D eigenvalue weighted by molar-refractivity contribution is -0.139. The van der Waals surface area contributed by atoms with Crippen LogP contribution in [-0.2, 0) is 26.2 Å². The number of carbonyl (C=O) groups excluding carboxylic acids is 2. The second kappa shape index (κ2) is 12.1. The number of methoxy groups -OCH3 is 1. The maximum absolute atomic E-state index is 13.8. The van der Waals surface area contributed by atoms with E-state index in [0.717, 1.165) is 9.87 Å². The van der Waals surface area contributed by atoms with Crippen LogP contribution in [0, 0.1) is 6.92 Å². The molecule has 0 bridgehead atoms. The van der Waals surface area contributed by atoms with Crippen LogP contribution in [0.15, 0.2) is 77.7 Å². The van der Waals surface area contributed by atoms with Crippen molar-refractivity contribution in [1.29, 1.82) is 0 Å². The molecule has 0 aliphatic heterocycles. The molecule has 196 valence electrons. The van der Waals surface area contributed by atoms with Gasteiger partial charge in [0.1, 0.15) is 18.3 Å². The molecule has 0 saturated carbocycles. The third-order valence-corrected chi connectivity index (χ3v) is 8.02. The molecule has 0 heterocycles. The van der Waals surface area contributed by atoms with Gasteiger partial charge in [0.2, 0.25) is 11.8 Å². The molecule has 2 amide bonds. The molecule has 0 spiro atoms. The van der Waals surface area contributed by atoms with E-state index in [-0.39, 0.29) is 17.3 Å². The Morgan fingerprint density at radius 1 is 1.00 bits per heavy atom. The predicted octanol–water partition coefficient (Wildman–Crippen LogP) is 4.02. The van der Waals surface area contributed by atoms with E-state index in [9.17, 15) is 18.0 Å². The highest BCUT2D eigenvalue weighted by atomic mass is 35.5. The van der Waals surface area contributed by atoms with Crippen LogP contribution in [0.4, 0.5) is 5.69 Å². The number of rotatable bonds is 10. The standard InChI is InChI=1S/C27H30ClN3O5S/c1-19-7-5-6-8-25(19)31(37(34,35)24-15-11-22(28)12-16-24)18-26(32)30(20(2)27(33)29-3)17-21-9-13-23(36-4)14-10-21/h5-16,20H,17-18H2,1-4H3,(H,29,33)/t20-/m1/s1. The van der Waals surface area contributed by atoms with Crippen molar-refractivity contribution >= 4 is 39.1 Å². The largest absolute Gasteiger partial charge is 0.497 e. The minimum Gasteiger partial charge on any atom is -0.497 e. The van der Waals surface area contributed by atoms with E-state index >= 15 is 0 Å². The zero-order valence-electron chi connectivity index (χ0n) is 21.1. The van der Waals surface area contributed by atoms with Crippen LogP contribution in [0.3, 0.4) is 0 Å². The van der Waals surface area contributed by atoms with Crippen molar-refractivity contribution < 1.29 is 22.7 Å². The van der Waals surface area contributed by atoms with Crippen molar-refractivity contribution in [2.45, 2.75) is 31.3 Å². The van der Waals surface area contributed by atoms with Crippen LogP contribution in [-0.4, -0.2) is 51.9 Å². The summed E-state index contributed by atoms with van der Waals surface area (Å²) in [6.07, 6.45) is 0. The Morgan fingerprint density at radius 3 is 2.19 bits per heavy atom. The first-order valence-electron chi connectivity index (χ1n) is 11.6. The van der Waals surface area contributed by atoms with E-state index in [4.69, 9.17) is 16.3 Å². The maximum atomic E-state index is 13.8. The average molecular weight is 544 g/mol. The van der Waals surface area contributed by atoms with Gasteiger partial charge in [0.25, 0.3) is 10.0 Å². The highest BCUT2D eigenvalue weighted by Gasteiger charge is 2.32. The molecule has 0 aliphatic carbocycles. The van der Waals surface area contributed by atoms with Crippen molar-refractivity contribution in [2.75, 3.05) is 25.0 Å². The van der Waals surface area contributed by atoms with E-state index in [1.165, 1.54) is 36.2 Å². The first-order valence-corrected chi connectivity index (χ1v) is 13.4. The number of anilines is 1. The third kappa shape index (κ3) is 6.61. The molecule has 0 fully saturated rings. The van der Waals surface area contributed by atoms with Crippen LogP contribution in [0.1, 0.15) is 18.1 Å². The summed E-state index contributed by atoms with van der Waals surface area (Å²) in [5, 5.41) is 2.95. The molecule has 3 rings (SSSR count). The SMILES string of the molecule is CNC(=O)[C@@H](C)N(Cc1ccc(OC)cc1)C(=O)CN(c1ccccc1C)S(=O)(=O)c1ccc(Cl)cc1. The first-order chi connectivity index (χ1) is 17.6. The summed E-state index contributed by atoms with van der Waals surface area (Å²) < 4.78 is 33.8. The van der Waals surface area contributed by atoms with E-state index in [1.54, 1.807) is 69.5 Å². The number of nitrogens with one attached hydrogen (secondary N) is 1. The summed E-state index contributed by atoms with van der Waals surface area (Å²) in [5.41, 5.74) is 1.80. The van der Waals surface area contributed by atoms with E-state index < -0.39 is 28.5 Å². The number of hydrogen-bond acceptors (Lipinski definition) is 5. The average Bonchev–Trinajstić information content (AvgIpc) is 2.90. The molecule has 0 aliphatic rings. The Morgan fingerprint density at radius 2 is 1.62 bits per heavy atom. The fraction of sp³-hybridized carbons (Fsp3) is 0.259. The number of amides is 2. The fourth-order valence-corrected chi connectivity index (χ4v) is 5.41. The van der Waals surface area contributed by atoms with Crippen molar-refractivity contribution in [3.8, 4) is 5.75 Å². The van der Waals surface area contributed by atoms with Crippen molar-refractivity contribution in [3.05, 3.63) is 88.9 Å². The van der Waals surface area contributed by atoms with Gasteiger partial charge in [-0.15, -0.1) is 0 Å².